The molecule has 0 amide bonds. The lowest BCUT2D eigenvalue weighted by atomic mass is 10.2. The SMILES string of the molecule is CNCc1sc(S(=O)(=O)Nc2ccc(Br)cc2C)cc1C. The molecule has 0 aliphatic rings. The van der Waals surface area contributed by atoms with E-state index in [1.807, 2.05) is 33.0 Å². The van der Waals surface area contributed by atoms with Crippen molar-refractivity contribution in [3.05, 3.63) is 44.7 Å². The van der Waals surface area contributed by atoms with Gasteiger partial charge in [0.05, 0.1) is 5.69 Å². The molecule has 21 heavy (non-hydrogen) atoms. The van der Waals surface area contributed by atoms with E-state index in [1.54, 1.807) is 12.1 Å². The molecule has 7 heteroatoms. The Labute approximate surface area is 137 Å². The summed E-state index contributed by atoms with van der Waals surface area (Å²) in [5, 5.41) is 3.04. The van der Waals surface area contributed by atoms with E-state index in [9.17, 15) is 8.42 Å². The Morgan fingerprint density at radius 1 is 1.19 bits per heavy atom. The van der Waals surface area contributed by atoms with Gasteiger partial charge in [-0.05, 0) is 56.3 Å². The van der Waals surface area contributed by atoms with Crippen LogP contribution < -0.4 is 10.0 Å². The standard InChI is InChI=1S/C14H17BrN2O2S2/c1-9-6-11(15)4-5-12(9)17-21(18,19)14-7-10(2)13(20-14)8-16-3/h4-7,16-17H,8H2,1-3H3. The van der Waals surface area contributed by atoms with Crippen LogP contribution in [0.5, 0.6) is 0 Å². The van der Waals surface area contributed by atoms with Gasteiger partial charge in [0.25, 0.3) is 10.0 Å². The zero-order valence-corrected chi connectivity index (χ0v) is 15.2. The van der Waals surface area contributed by atoms with Gasteiger partial charge in [0.1, 0.15) is 4.21 Å². The summed E-state index contributed by atoms with van der Waals surface area (Å²) in [6.07, 6.45) is 0. The Balaban J connectivity index is 2.32. The second-order valence-electron chi connectivity index (χ2n) is 4.77. The Morgan fingerprint density at radius 2 is 1.90 bits per heavy atom. The van der Waals surface area contributed by atoms with Crippen molar-refractivity contribution >= 4 is 43.0 Å². The Hall–Kier alpha value is -0.890. The molecule has 0 saturated carbocycles. The summed E-state index contributed by atoms with van der Waals surface area (Å²) >= 11 is 4.67. The summed E-state index contributed by atoms with van der Waals surface area (Å²) in [4.78, 5) is 1.03. The lowest BCUT2D eigenvalue weighted by Gasteiger charge is -2.09. The quantitative estimate of drug-likeness (QED) is 0.821. The van der Waals surface area contributed by atoms with Crippen molar-refractivity contribution in [1.82, 2.24) is 5.32 Å². The lowest BCUT2D eigenvalue weighted by molar-refractivity contribution is 0.603. The van der Waals surface area contributed by atoms with Crippen LogP contribution in [0.15, 0.2) is 32.9 Å². The Bertz CT molecular complexity index is 754. The van der Waals surface area contributed by atoms with Crippen molar-refractivity contribution in [3.8, 4) is 0 Å². The highest BCUT2D eigenvalue weighted by atomic mass is 79.9. The number of thiophene rings is 1. The van der Waals surface area contributed by atoms with Gasteiger partial charge >= 0.3 is 0 Å². The van der Waals surface area contributed by atoms with E-state index in [0.717, 1.165) is 20.5 Å². The molecule has 2 N–H and O–H groups in total. The first-order chi connectivity index (χ1) is 9.83. The molecule has 1 aromatic heterocycles. The third kappa shape index (κ3) is 3.85. The van der Waals surface area contributed by atoms with E-state index in [0.29, 0.717) is 16.4 Å². The van der Waals surface area contributed by atoms with Crippen molar-refractivity contribution < 1.29 is 8.42 Å². The maximum atomic E-state index is 12.5. The monoisotopic (exact) mass is 388 g/mol. The maximum Gasteiger partial charge on any atom is 0.271 e. The molecular formula is C14H17BrN2O2S2. The lowest BCUT2D eigenvalue weighted by Crippen LogP contribution is -2.12. The number of aryl methyl sites for hydroxylation is 2. The zero-order chi connectivity index (χ0) is 15.6. The Morgan fingerprint density at radius 3 is 2.52 bits per heavy atom. The van der Waals surface area contributed by atoms with Crippen LogP contribution in [0.1, 0.15) is 16.0 Å². The average molecular weight is 389 g/mol. The molecule has 0 spiro atoms. The van der Waals surface area contributed by atoms with Gasteiger partial charge in [-0.1, -0.05) is 15.9 Å². The van der Waals surface area contributed by atoms with Crippen molar-refractivity contribution in [2.75, 3.05) is 11.8 Å². The van der Waals surface area contributed by atoms with Gasteiger partial charge in [0, 0.05) is 15.9 Å². The number of benzene rings is 1. The molecule has 0 radical (unpaired) electrons. The van der Waals surface area contributed by atoms with Crippen LogP contribution in [0.4, 0.5) is 5.69 Å². The predicted octanol–water partition coefficient (Wildman–Crippen LogP) is 3.65. The van der Waals surface area contributed by atoms with Gasteiger partial charge in [-0.2, -0.15) is 0 Å². The second-order valence-corrected chi connectivity index (χ2v) is 8.73. The fraction of sp³-hybridized carbons (Fsp3) is 0.286. The molecule has 1 heterocycles. The minimum absolute atomic E-state index is 0.340. The summed E-state index contributed by atoms with van der Waals surface area (Å²) in [7, 11) is -1.70. The van der Waals surface area contributed by atoms with Gasteiger partial charge in [-0.15, -0.1) is 11.3 Å². The van der Waals surface area contributed by atoms with Crippen molar-refractivity contribution in [2.24, 2.45) is 0 Å². The van der Waals surface area contributed by atoms with E-state index in [1.165, 1.54) is 11.3 Å². The van der Waals surface area contributed by atoms with Crippen LogP contribution in [0.25, 0.3) is 0 Å². The van der Waals surface area contributed by atoms with E-state index in [4.69, 9.17) is 0 Å². The van der Waals surface area contributed by atoms with Gasteiger partial charge in [0.2, 0.25) is 0 Å². The maximum absolute atomic E-state index is 12.5. The number of hydrogen-bond donors (Lipinski definition) is 2. The van der Waals surface area contributed by atoms with Gasteiger partial charge < -0.3 is 5.32 Å². The Kier molecular flexibility index (Phi) is 5.08. The second kappa shape index (κ2) is 6.48. The topological polar surface area (TPSA) is 58.2 Å². The molecule has 1 aromatic carbocycles. The van der Waals surface area contributed by atoms with Crippen molar-refractivity contribution in [2.45, 2.75) is 24.6 Å². The van der Waals surface area contributed by atoms with E-state index in [-0.39, 0.29) is 0 Å². The molecule has 0 aliphatic carbocycles. The molecule has 114 valence electrons. The van der Waals surface area contributed by atoms with Crippen LogP contribution in [0.2, 0.25) is 0 Å². The molecule has 0 saturated heterocycles. The number of anilines is 1. The fourth-order valence-electron chi connectivity index (χ4n) is 1.89. The number of sulfonamides is 1. The summed E-state index contributed by atoms with van der Waals surface area (Å²) in [5.41, 5.74) is 2.46. The molecule has 0 bridgehead atoms. The highest BCUT2D eigenvalue weighted by Crippen LogP contribution is 2.29. The van der Waals surface area contributed by atoms with Gasteiger partial charge in [-0.3, -0.25) is 4.72 Å². The van der Waals surface area contributed by atoms with Crippen LogP contribution in [-0.4, -0.2) is 15.5 Å². The van der Waals surface area contributed by atoms with Crippen LogP contribution in [-0.2, 0) is 16.6 Å². The van der Waals surface area contributed by atoms with Crippen LogP contribution in [0, 0.1) is 13.8 Å². The molecule has 2 aromatic rings. The minimum atomic E-state index is -3.54. The molecule has 0 fully saturated rings. The van der Waals surface area contributed by atoms with E-state index < -0.39 is 10.0 Å². The fourth-order valence-corrected chi connectivity index (χ4v) is 5.10. The predicted molar refractivity (Wildman–Crippen MR) is 91.5 cm³/mol. The van der Waals surface area contributed by atoms with Crippen molar-refractivity contribution in [1.29, 1.82) is 0 Å². The van der Waals surface area contributed by atoms with Gasteiger partial charge in [-0.25, -0.2) is 8.42 Å². The third-order valence-corrected chi connectivity index (χ3v) is 6.60. The number of hydrogen-bond acceptors (Lipinski definition) is 4. The third-order valence-electron chi connectivity index (χ3n) is 3.03. The molecule has 4 nitrogen and oxygen atoms in total. The average Bonchev–Trinajstić information content (AvgIpc) is 2.76. The first-order valence-electron chi connectivity index (χ1n) is 6.36. The number of nitrogens with one attached hydrogen (secondary N) is 2. The van der Waals surface area contributed by atoms with Crippen LogP contribution >= 0.6 is 27.3 Å². The normalized spacial score (nSPS) is 11.6. The smallest absolute Gasteiger partial charge is 0.271 e. The van der Waals surface area contributed by atoms with Crippen molar-refractivity contribution in [3.63, 3.8) is 0 Å². The largest absolute Gasteiger partial charge is 0.315 e. The first-order valence-corrected chi connectivity index (χ1v) is 9.45. The van der Waals surface area contributed by atoms with E-state index in [2.05, 4.69) is 26.0 Å². The molecule has 0 aliphatic heterocycles. The summed E-state index contributed by atoms with van der Waals surface area (Å²) in [5.74, 6) is 0. The molecule has 2 rings (SSSR count). The summed E-state index contributed by atoms with van der Waals surface area (Å²) < 4.78 is 28.9. The molecule has 0 unspecified atom stereocenters. The van der Waals surface area contributed by atoms with E-state index >= 15 is 0 Å². The summed E-state index contributed by atoms with van der Waals surface area (Å²) in [6.45, 7) is 4.46. The highest BCUT2D eigenvalue weighted by molar-refractivity contribution is 9.10. The first kappa shape index (κ1) is 16.5. The van der Waals surface area contributed by atoms with Gasteiger partial charge in [0.15, 0.2) is 0 Å². The summed E-state index contributed by atoms with van der Waals surface area (Å²) in [6, 6.07) is 7.17. The molecular weight excluding hydrogens is 372 g/mol. The van der Waals surface area contributed by atoms with Crippen LogP contribution in [0.3, 0.4) is 0 Å². The number of rotatable bonds is 5. The molecule has 0 atom stereocenters. The zero-order valence-electron chi connectivity index (χ0n) is 12.0. The number of halogens is 1. The highest BCUT2D eigenvalue weighted by Gasteiger charge is 2.19. The minimum Gasteiger partial charge on any atom is -0.315 e.